The maximum atomic E-state index is 5.92. The van der Waals surface area contributed by atoms with Crippen molar-refractivity contribution in [3.05, 3.63) is 17.0 Å². The molecular formula is C10H18N4. The van der Waals surface area contributed by atoms with E-state index in [2.05, 4.69) is 29.2 Å². The van der Waals surface area contributed by atoms with Crippen LogP contribution in [0.2, 0.25) is 0 Å². The molecule has 78 valence electrons. The number of fused-ring (bicyclic) bond motifs is 1. The second-order valence-corrected chi connectivity index (χ2v) is 4.26. The predicted molar refractivity (Wildman–Crippen MR) is 56.1 cm³/mol. The van der Waals surface area contributed by atoms with E-state index in [0.29, 0.717) is 0 Å². The van der Waals surface area contributed by atoms with E-state index in [1.165, 1.54) is 11.3 Å². The zero-order chi connectivity index (χ0) is 10.1. The van der Waals surface area contributed by atoms with Gasteiger partial charge < -0.3 is 10.6 Å². The van der Waals surface area contributed by atoms with Crippen LogP contribution in [0.5, 0.6) is 0 Å². The van der Waals surface area contributed by atoms with E-state index in [9.17, 15) is 0 Å². The Kier molecular flexibility index (Phi) is 2.56. The van der Waals surface area contributed by atoms with Gasteiger partial charge in [-0.05, 0) is 32.5 Å². The molecule has 14 heavy (non-hydrogen) atoms. The molecule has 0 aliphatic heterocycles. The highest BCUT2D eigenvalue weighted by atomic mass is 15.1. The summed E-state index contributed by atoms with van der Waals surface area (Å²) >= 11 is 0. The zero-order valence-electron chi connectivity index (χ0n) is 8.88. The molecule has 1 unspecified atom stereocenters. The van der Waals surface area contributed by atoms with E-state index < -0.39 is 0 Å². The zero-order valence-corrected chi connectivity index (χ0v) is 8.88. The molecule has 1 aliphatic carbocycles. The summed E-state index contributed by atoms with van der Waals surface area (Å²) in [4.78, 5) is 2.18. The Balaban J connectivity index is 2.09. The van der Waals surface area contributed by atoms with Crippen LogP contribution in [0.15, 0.2) is 0 Å². The van der Waals surface area contributed by atoms with Crippen molar-refractivity contribution in [1.29, 1.82) is 0 Å². The van der Waals surface area contributed by atoms with Gasteiger partial charge in [-0.2, -0.15) is 5.10 Å². The van der Waals surface area contributed by atoms with Crippen molar-refractivity contribution in [2.75, 3.05) is 20.6 Å². The van der Waals surface area contributed by atoms with Gasteiger partial charge in [-0.3, -0.25) is 5.10 Å². The van der Waals surface area contributed by atoms with Crippen LogP contribution in [-0.4, -0.2) is 35.7 Å². The van der Waals surface area contributed by atoms with Crippen molar-refractivity contribution >= 4 is 0 Å². The molecule has 2 rings (SSSR count). The molecule has 0 radical (unpaired) electrons. The van der Waals surface area contributed by atoms with Crippen LogP contribution in [0.1, 0.15) is 29.4 Å². The van der Waals surface area contributed by atoms with Gasteiger partial charge in [0.2, 0.25) is 0 Å². The summed E-state index contributed by atoms with van der Waals surface area (Å²) in [6, 6.07) is 0.161. The summed E-state index contributed by atoms with van der Waals surface area (Å²) in [5.41, 5.74) is 9.67. The summed E-state index contributed by atoms with van der Waals surface area (Å²) < 4.78 is 0. The van der Waals surface area contributed by atoms with Gasteiger partial charge in [-0.1, -0.05) is 0 Å². The van der Waals surface area contributed by atoms with Crippen molar-refractivity contribution in [1.82, 2.24) is 15.1 Å². The number of rotatable bonds is 3. The van der Waals surface area contributed by atoms with Crippen LogP contribution < -0.4 is 5.73 Å². The summed E-state index contributed by atoms with van der Waals surface area (Å²) in [6.45, 7) is 1.06. The summed E-state index contributed by atoms with van der Waals surface area (Å²) in [7, 11) is 4.17. The van der Waals surface area contributed by atoms with Crippen LogP contribution in [0.25, 0.3) is 0 Å². The van der Waals surface area contributed by atoms with Gasteiger partial charge in [0.15, 0.2) is 0 Å². The molecule has 3 N–H and O–H groups in total. The summed E-state index contributed by atoms with van der Waals surface area (Å²) in [5.74, 6) is 0. The Morgan fingerprint density at radius 2 is 2.36 bits per heavy atom. The minimum Gasteiger partial charge on any atom is -0.323 e. The lowest BCUT2D eigenvalue weighted by molar-refractivity contribution is 0.411. The molecule has 1 aliphatic rings. The number of H-pyrrole nitrogens is 1. The quantitative estimate of drug-likeness (QED) is 0.735. The van der Waals surface area contributed by atoms with Gasteiger partial charge in [-0.25, -0.2) is 0 Å². The lowest BCUT2D eigenvalue weighted by atomic mass is 10.1. The van der Waals surface area contributed by atoms with E-state index in [4.69, 9.17) is 5.73 Å². The maximum Gasteiger partial charge on any atom is 0.0824 e. The number of aromatic nitrogens is 2. The second-order valence-electron chi connectivity index (χ2n) is 4.26. The molecule has 0 saturated carbocycles. The van der Waals surface area contributed by atoms with E-state index in [0.717, 1.165) is 31.5 Å². The van der Waals surface area contributed by atoms with Crippen molar-refractivity contribution in [2.45, 2.75) is 25.3 Å². The average Bonchev–Trinajstić information content (AvgIpc) is 2.66. The molecule has 1 aromatic heterocycles. The van der Waals surface area contributed by atoms with Crippen LogP contribution >= 0.6 is 0 Å². The fourth-order valence-corrected chi connectivity index (χ4v) is 1.98. The number of nitrogens with zero attached hydrogens (tertiary/aromatic N) is 2. The SMILES string of the molecule is CN(C)CCc1[nH]nc2c1CCC2N. The van der Waals surface area contributed by atoms with Gasteiger partial charge >= 0.3 is 0 Å². The number of hydrogen-bond donors (Lipinski definition) is 2. The number of nitrogens with two attached hydrogens (primary N) is 1. The van der Waals surface area contributed by atoms with E-state index in [-0.39, 0.29) is 6.04 Å². The molecule has 1 aromatic rings. The molecule has 1 atom stereocenters. The molecule has 0 aromatic carbocycles. The highest BCUT2D eigenvalue weighted by molar-refractivity contribution is 5.32. The number of likely N-dealkylation sites (N-methyl/N-ethyl adjacent to an activating group) is 1. The standard InChI is InChI=1S/C10H18N4/c1-14(2)6-5-9-7-3-4-8(11)10(7)13-12-9/h8H,3-6,11H2,1-2H3,(H,12,13). The highest BCUT2D eigenvalue weighted by Gasteiger charge is 2.24. The van der Waals surface area contributed by atoms with Crippen LogP contribution in [0, 0.1) is 0 Å². The topological polar surface area (TPSA) is 57.9 Å². The molecule has 0 fully saturated rings. The van der Waals surface area contributed by atoms with E-state index >= 15 is 0 Å². The van der Waals surface area contributed by atoms with Crippen LogP contribution in [0.4, 0.5) is 0 Å². The molecule has 1 heterocycles. The Morgan fingerprint density at radius 1 is 1.57 bits per heavy atom. The fourth-order valence-electron chi connectivity index (χ4n) is 1.98. The monoisotopic (exact) mass is 194 g/mol. The normalized spacial score (nSPS) is 20.4. The molecule has 0 bridgehead atoms. The molecule has 4 nitrogen and oxygen atoms in total. The first-order valence-corrected chi connectivity index (χ1v) is 5.15. The number of hydrogen-bond acceptors (Lipinski definition) is 3. The van der Waals surface area contributed by atoms with Crippen molar-refractivity contribution in [3.63, 3.8) is 0 Å². The van der Waals surface area contributed by atoms with Gasteiger partial charge in [0.25, 0.3) is 0 Å². The lowest BCUT2D eigenvalue weighted by Gasteiger charge is -2.08. The van der Waals surface area contributed by atoms with Crippen LogP contribution in [0.3, 0.4) is 0 Å². The third-order valence-electron chi connectivity index (χ3n) is 2.85. The minimum atomic E-state index is 0.161. The molecular weight excluding hydrogens is 176 g/mol. The van der Waals surface area contributed by atoms with Gasteiger partial charge in [-0.15, -0.1) is 0 Å². The van der Waals surface area contributed by atoms with Crippen LogP contribution in [-0.2, 0) is 12.8 Å². The Morgan fingerprint density at radius 3 is 3.07 bits per heavy atom. The smallest absolute Gasteiger partial charge is 0.0824 e. The first-order valence-electron chi connectivity index (χ1n) is 5.15. The van der Waals surface area contributed by atoms with Crippen molar-refractivity contribution in [3.8, 4) is 0 Å². The van der Waals surface area contributed by atoms with E-state index in [1.54, 1.807) is 0 Å². The third kappa shape index (κ3) is 1.67. The van der Waals surface area contributed by atoms with Crippen molar-refractivity contribution in [2.24, 2.45) is 5.73 Å². The summed E-state index contributed by atoms with van der Waals surface area (Å²) in [5, 5.41) is 7.39. The Hall–Kier alpha value is -0.870. The van der Waals surface area contributed by atoms with E-state index in [1.807, 2.05) is 0 Å². The number of aromatic amines is 1. The Bertz CT molecular complexity index is 316. The fraction of sp³-hybridized carbons (Fsp3) is 0.700. The molecule has 4 heteroatoms. The number of nitrogens with one attached hydrogen (secondary N) is 1. The first kappa shape index (κ1) is 9.68. The second kappa shape index (κ2) is 3.71. The van der Waals surface area contributed by atoms with Crippen molar-refractivity contribution < 1.29 is 0 Å². The largest absolute Gasteiger partial charge is 0.323 e. The van der Waals surface area contributed by atoms with Gasteiger partial charge in [0.05, 0.1) is 5.69 Å². The summed E-state index contributed by atoms with van der Waals surface area (Å²) in [6.07, 6.45) is 3.19. The highest BCUT2D eigenvalue weighted by Crippen LogP contribution is 2.29. The maximum absolute atomic E-state index is 5.92. The molecule has 0 saturated heterocycles. The third-order valence-corrected chi connectivity index (χ3v) is 2.85. The average molecular weight is 194 g/mol. The Labute approximate surface area is 84.5 Å². The minimum absolute atomic E-state index is 0.161. The van der Waals surface area contributed by atoms with Gasteiger partial charge in [0.1, 0.15) is 0 Å². The lowest BCUT2D eigenvalue weighted by Crippen LogP contribution is -2.15. The van der Waals surface area contributed by atoms with Gasteiger partial charge in [0, 0.05) is 24.7 Å². The molecule has 0 spiro atoms. The predicted octanol–water partition coefficient (Wildman–Crippen LogP) is 0.460. The first-order chi connectivity index (χ1) is 6.68. The molecule has 0 amide bonds.